The van der Waals surface area contributed by atoms with Crippen molar-refractivity contribution in [2.24, 2.45) is 5.41 Å². The Kier molecular flexibility index (Phi) is 13.7. The summed E-state index contributed by atoms with van der Waals surface area (Å²) in [6, 6.07) is 15.9. The van der Waals surface area contributed by atoms with Crippen LogP contribution in [0, 0.1) is 22.5 Å². The van der Waals surface area contributed by atoms with Gasteiger partial charge in [0.1, 0.15) is 22.8 Å². The van der Waals surface area contributed by atoms with Crippen molar-refractivity contribution in [1.82, 2.24) is 24.5 Å². The average Bonchev–Trinajstić information content (AvgIpc) is 3.77. The van der Waals surface area contributed by atoms with Gasteiger partial charge in [0.05, 0.1) is 46.4 Å². The predicted molar refractivity (Wildman–Crippen MR) is 250 cm³/mol. The smallest absolute Gasteiger partial charge is 0.416 e. The van der Waals surface area contributed by atoms with E-state index in [-0.39, 0.29) is 28.5 Å². The number of nitrogens with zero attached hydrogens (tertiary/aromatic N) is 5. The van der Waals surface area contributed by atoms with E-state index in [0.29, 0.717) is 69.4 Å². The largest absolute Gasteiger partial charge is 0.455 e. The van der Waals surface area contributed by atoms with Gasteiger partial charge in [-0.15, -0.1) is 0 Å². The van der Waals surface area contributed by atoms with Gasteiger partial charge in [0.2, 0.25) is 0 Å². The summed E-state index contributed by atoms with van der Waals surface area (Å²) in [5.74, 6) is -0.643. The number of morpholine rings is 1. The van der Waals surface area contributed by atoms with Gasteiger partial charge in [-0.25, -0.2) is 18.1 Å². The Morgan fingerprint density at radius 2 is 1.84 bits per heavy atom. The molecule has 2 fully saturated rings. The number of fused-ring (bicyclic) bond motifs is 1. The van der Waals surface area contributed by atoms with E-state index in [9.17, 15) is 36.5 Å². The molecule has 8 rings (SSSR count). The Hall–Kier alpha value is -6.02. The molecule has 19 heteroatoms. The molecule has 0 radical (unpaired) electrons. The molecule has 15 nitrogen and oxygen atoms in total. The van der Waals surface area contributed by atoms with Gasteiger partial charge in [-0.3, -0.25) is 24.7 Å². The highest BCUT2D eigenvalue weighted by atomic mass is 32.2. The van der Waals surface area contributed by atoms with E-state index in [1.807, 2.05) is 13.0 Å². The molecule has 2 aliphatic heterocycles. The highest BCUT2D eigenvalue weighted by Gasteiger charge is 2.34. The number of halogens is 3. The fourth-order valence-electron chi connectivity index (χ4n) is 9.22. The van der Waals surface area contributed by atoms with Crippen LogP contribution < -0.4 is 19.7 Å². The lowest BCUT2D eigenvalue weighted by Crippen LogP contribution is -2.48. The molecular formula is C48H55F3N8O7S. The minimum Gasteiger partial charge on any atom is -0.455 e. The van der Waals surface area contributed by atoms with Crippen LogP contribution in [0.3, 0.4) is 0 Å². The summed E-state index contributed by atoms with van der Waals surface area (Å²) in [6.45, 7) is 14.3. The maximum absolute atomic E-state index is 14.0. The highest BCUT2D eigenvalue weighted by molar-refractivity contribution is 7.90. The monoisotopic (exact) mass is 944 g/mol. The number of carbonyl (C=O) groups is 1. The lowest BCUT2D eigenvalue weighted by atomic mass is 9.72. The normalized spacial score (nSPS) is 18.6. The number of nitro groups is 1. The number of likely N-dealkylation sites (N-methyl/N-ethyl adjacent to an activating group) is 1. The maximum Gasteiger partial charge on any atom is 0.416 e. The summed E-state index contributed by atoms with van der Waals surface area (Å²) in [4.78, 5) is 39.1. The van der Waals surface area contributed by atoms with Gasteiger partial charge in [0.25, 0.3) is 21.6 Å². The summed E-state index contributed by atoms with van der Waals surface area (Å²) >= 11 is 0. The van der Waals surface area contributed by atoms with E-state index >= 15 is 0 Å². The summed E-state index contributed by atoms with van der Waals surface area (Å²) < 4.78 is 82.2. The number of nitrogens with one attached hydrogen (secondary N) is 3. The Labute approximate surface area is 387 Å². The number of rotatable bonds is 14. The maximum atomic E-state index is 14.0. The fraction of sp³-hybridized carbons (Fsp3) is 0.417. The van der Waals surface area contributed by atoms with Crippen molar-refractivity contribution in [3.05, 3.63) is 117 Å². The van der Waals surface area contributed by atoms with Crippen molar-refractivity contribution in [1.29, 1.82) is 0 Å². The van der Waals surface area contributed by atoms with Crippen LogP contribution in [0.1, 0.15) is 67.1 Å². The minimum absolute atomic E-state index is 0.00901. The van der Waals surface area contributed by atoms with E-state index in [0.717, 1.165) is 60.6 Å². The number of nitro benzene ring substituents is 1. The van der Waals surface area contributed by atoms with Crippen LogP contribution >= 0.6 is 0 Å². The number of alkyl halides is 3. The SMILES string of the molecule is CCN1CCOC[C@@H]1CNc1ccc(S(=O)(=O)NC(=O)c2ccc(N3CCN(CC4=C(c5ccc(C(F)(F)F)cc5C)CC(C)(C)CC4)CC3)cc2Oc2cnc3[nH]ccc3c2)cc1[N+](=O)[O-]. The Bertz CT molecular complexity index is 2810. The lowest BCUT2D eigenvalue weighted by molar-refractivity contribution is -0.384. The molecule has 0 bridgehead atoms. The number of carbonyl (C=O) groups excluding carboxylic acids is 1. The van der Waals surface area contributed by atoms with Crippen LogP contribution in [0.15, 0.2) is 89.6 Å². The van der Waals surface area contributed by atoms with Crippen molar-refractivity contribution in [2.45, 2.75) is 64.1 Å². The topological polar surface area (TPSA) is 175 Å². The standard InChI is InChI=1S/C48H55F3N8O7S/c1-5-57-20-21-65-30-36(57)27-53-42-11-8-38(25-43(42)59(61)62)67(63,64)55-46(60)40-10-7-35(24-44(40)66-37-23-32-13-15-52-45(32)54-28-37)58-18-16-56(17-19-58)29-33-12-14-47(3,4)26-41(33)39-9-6-34(22-31(39)2)48(49,50)51/h6-11,13,15,22-25,28,36,53H,5,12,14,16-21,26-27,29-30H2,1-4H3,(H,52,54)(H,55,60)/t36-/m0/s1. The number of anilines is 2. The Balaban J connectivity index is 1.00. The summed E-state index contributed by atoms with van der Waals surface area (Å²) in [7, 11) is -4.62. The molecule has 3 aliphatic rings. The van der Waals surface area contributed by atoms with Crippen LogP contribution in [0.4, 0.5) is 30.2 Å². The molecule has 0 spiro atoms. The molecule has 3 aromatic carbocycles. The van der Waals surface area contributed by atoms with Crippen molar-refractivity contribution < 1.29 is 40.8 Å². The second kappa shape index (κ2) is 19.3. The third-order valence-electron chi connectivity index (χ3n) is 13.0. The molecule has 0 saturated carbocycles. The van der Waals surface area contributed by atoms with E-state index in [4.69, 9.17) is 9.47 Å². The molecule has 5 aromatic rings. The number of H-pyrrole nitrogens is 1. The zero-order valence-electron chi connectivity index (χ0n) is 37.9. The molecule has 4 heterocycles. The van der Waals surface area contributed by atoms with E-state index in [1.165, 1.54) is 42.1 Å². The lowest BCUT2D eigenvalue weighted by Gasteiger charge is -2.39. The number of sulfonamides is 1. The quantitative estimate of drug-likeness (QED) is 0.0715. The third-order valence-corrected chi connectivity index (χ3v) is 14.3. The first-order valence-electron chi connectivity index (χ1n) is 22.4. The zero-order chi connectivity index (χ0) is 47.7. The summed E-state index contributed by atoms with van der Waals surface area (Å²) in [5.41, 5.74) is 4.10. The second-order valence-electron chi connectivity index (χ2n) is 18.2. The molecule has 1 amide bonds. The number of amides is 1. The van der Waals surface area contributed by atoms with E-state index < -0.39 is 43.2 Å². The number of pyridine rings is 1. The van der Waals surface area contributed by atoms with Gasteiger partial charge in [-0.2, -0.15) is 13.2 Å². The molecule has 0 unspecified atom stereocenters. The highest BCUT2D eigenvalue weighted by Crippen LogP contribution is 2.45. The van der Waals surface area contributed by atoms with Crippen LogP contribution in [0.5, 0.6) is 11.5 Å². The third kappa shape index (κ3) is 10.9. The molecule has 67 heavy (non-hydrogen) atoms. The van der Waals surface area contributed by atoms with Crippen molar-refractivity contribution in [3.63, 3.8) is 0 Å². The van der Waals surface area contributed by atoms with Gasteiger partial charge in [-0.1, -0.05) is 32.4 Å². The van der Waals surface area contributed by atoms with Crippen molar-refractivity contribution >= 4 is 49.6 Å². The second-order valence-corrected chi connectivity index (χ2v) is 19.9. The van der Waals surface area contributed by atoms with Gasteiger partial charge in [0.15, 0.2) is 0 Å². The fourth-order valence-corrected chi connectivity index (χ4v) is 10.2. The average molecular weight is 945 g/mol. The van der Waals surface area contributed by atoms with Gasteiger partial charge in [-0.05, 0) is 103 Å². The molecule has 3 N–H and O–H groups in total. The zero-order valence-corrected chi connectivity index (χ0v) is 38.7. The first-order valence-corrected chi connectivity index (χ1v) is 23.9. The van der Waals surface area contributed by atoms with E-state index in [2.05, 4.69) is 48.6 Å². The van der Waals surface area contributed by atoms with Gasteiger partial charge >= 0.3 is 6.18 Å². The number of aromatic nitrogens is 2. The summed E-state index contributed by atoms with van der Waals surface area (Å²) in [6.07, 6.45) is 1.39. The first kappa shape index (κ1) is 47.5. The molecule has 1 aliphatic carbocycles. The number of ether oxygens (including phenoxy) is 2. The van der Waals surface area contributed by atoms with E-state index in [1.54, 1.807) is 37.4 Å². The van der Waals surface area contributed by atoms with Crippen LogP contribution in [0.25, 0.3) is 16.6 Å². The minimum atomic E-state index is -4.62. The Morgan fingerprint density at radius 1 is 1.04 bits per heavy atom. The number of allylic oxidation sites excluding steroid dienone is 1. The number of piperazine rings is 1. The van der Waals surface area contributed by atoms with Crippen LogP contribution in [-0.4, -0.2) is 111 Å². The van der Waals surface area contributed by atoms with Crippen LogP contribution in [0.2, 0.25) is 0 Å². The molecule has 1 atom stereocenters. The first-order chi connectivity index (χ1) is 31.9. The predicted octanol–water partition coefficient (Wildman–Crippen LogP) is 8.63. The summed E-state index contributed by atoms with van der Waals surface area (Å²) in [5, 5.41) is 16.0. The van der Waals surface area contributed by atoms with Crippen molar-refractivity contribution in [3.8, 4) is 11.5 Å². The van der Waals surface area contributed by atoms with Crippen LogP contribution in [-0.2, 0) is 20.9 Å². The number of hydrogen-bond acceptors (Lipinski definition) is 12. The molecule has 2 saturated heterocycles. The Morgan fingerprint density at radius 3 is 2.57 bits per heavy atom. The number of hydrogen-bond donors (Lipinski definition) is 3. The van der Waals surface area contributed by atoms with Gasteiger partial charge in [0, 0.05) is 75.2 Å². The van der Waals surface area contributed by atoms with Crippen molar-refractivity contribution in [2.75, 3.05) is 75.8 Å². The number of aryl methyl sites for hydroxylation is 1. The van der Waals surface area contributed by atoms with Gasteiger partial charge < -0.3 is 24.7 Å². The number of aromatic amines is 1. The molecular weight excluding hydrogens is 890 g/mol. The number of benzene rings is 3. The molecule has 2 aromatic heterocycles. The molecule has 356 valence electrons.